The highest BCUT2D eigenvalue weighted by molar-refractivity contribution is 5.68. The summed E-state index contributed by atoms with van der Waals surface area (Å²) in [5.41, 5.74) is 3.37. The molecule has 2 aromatic heterocycles. The van der Waals surface area contributed by atoms with Crippen LogP contribution in [0.5, 0.6) is 0 Å². The molecule has 1 aromatic carbocycles. The standard InChI is InChI=1S/C12H9N5/c1-2-6-11-10(5-1)12-13-14-15-17(12)8-9-4-3-7-16(9)11/h1-7H,8H2. The van der Waals surface area contributed by atoms with Gasteiger partial charge >= 0.3 is 0 Å². The van der Waals surface area contributed by atoms with Gasteiger partial charge in [-0.3, -0.25) is 0 Å². The number of hydrogen-bond acceptors (Lipinski definition) is 3. The Morgan fingerprint density at radius 1 is 1.06 bits per heavy atom. The smallest absolute Gasteiger partial charge is 0.184 e. The second kappa shape index (κ2) is 3.04. The number of fused-ring (bicyclic) bond motifs is 5. The summed E-state index contributed by atoms with van der Waals surface area (Å²) in [7, 11) is 0. The maximum atomic E-state index is 4.11. The van der Waals surface area contributed by atoms with Gasteiger partial charge in [-0.25, -0.2) is 4.68 Å². The van der Waals surface area contributed by atoms with Crippen molar-refractivity contribution in [3.05, 3.63) is 48.3 Å². The van der Waals surface area contributed by atoms with Gasteiger partial charge in [-0.15, -0.1) is 5.10 Å². The zero-order valence-electron chi connectivity index (χ0n) is 8.98. The van der Waals surface area contributed by atoms with Gasteiger partial charge in [0.05, 0.1) is 12.2 Å². The fraction of sp³-hybridized carbons (Fsp3) is 0.0833. The number of nitrogens with zero attached hydrogens (tertiary/aromatic N) is 5. The molecule has 0 spiro atoms. The lowest BCUT2D eigenvalue weighted by atomic mass is 10.1. The first-order chi connectivity index (χ1) is 8.43. The van der Waals surface area contributed by atoms with Crippen LogP contribution >= 0.6 is 0 Å². The third kappa shape index (κ3) is 1.10. The lowest BCUT2D eigenvalue weighted by molar-refractivity contribution is 0.641. The van der Waals surface area contributed by atoms with Gasteiger partial charge in [-0.05, 0) is 34.7 Å². The first-order valence-electron chi connectivity index (χ1n) is 5.46. The summed E-state index contributed by atoms with van der Waals surface area (Å²) in [5.74, 6) is 0.823. The molecule has 5 nitrogen and oxygen atoms in total. The van der Waals surface area contributed by atoms with Gasteiger partial charge in [0.15, 0.2) is 5.82 Å². The lowest BCUT2D eigenvalue weighted by Gasteiger charge is -2.07. The largest absolute Gasteiger partial charge is 0.318 e. The van der Waals surface area contributed by atoms with E-state index < -0.39 is 0 Å². The maximum Gasteiger partial charge on any atom is 0.184 e. The minimum atomic E-state index is 0.698. The first-order valence-corrected chi connectivity index (χ1v) is 5.46. The molecule has 0 radical (unpaired) electrons. The molecule has 1 aliphatic heterocycles. The van der Waals surface area contributed by atoms with Crippen LogP contribution in [0.15, 0.2) is 42.6 Å². The van der Waals surface area contributed by atoms with E-state index in [1.165, 1.54) is 5.69 Å². The van der Waals surface area contributed by atoms with Crippen LogP contribution in [-0.4, -0.2) is 24.8 Å². The normalized spacial score (nSPS) is 12.5. The molecule has 0 bridgehead atoms. The third-order valence-corrected chi connectivity index (χ3v) is 3.08. The van der Waals surface area contributed by atoms with Crippen molar-refractivity contribution in [3.63, 3.8) is 0 Å². The molecule has 1 aliphatic rings. The topological polar surface area (TPSA) is 48.5 Å². The molecule has 0 aliphatic carbocycles. The van der Waals surface area contributed by atoms with Crippen LogP contribution in [0.2, 0.25) is 0 Å². The van der Waals surface area contributed by atoms with E-state index in [0.29, 0.717) is 6.54 Å². The van der Waals surface area contributed by atoms with E-state index in [9.17, 15) is 0 Å². The molecule has 0 amide bonds. The van der Waals surface area contributed by atoms with Crippen molar-refractivity contribution in [2.24, 2.45) is 0 Å². The SMILES string of the molecule is c1ccc2c(c1)-c1nnnn1Cc1cccn1-2. The molecule has 3 aromatic rings. The number of tetrazole rings is 1. The number of hydrogen-bond donors (Lipinski definition) is 0. The van der Waals surface area contributed by atoms with E-state index in [1.54, 1.807) is 0 Å². The van der Waals surface area contributed by atoms with Crippen molar-refractivity contribution < 1.29 is 0 Å². The molecule has 5 heteroatoms. The van der Waals surface area contributed by atoms with Gasteiger partial charge in [0.25, 0.3) is 0 Å². The van der Waals surface area contributed by atoms with Crippen LogP contribution < -0.4 is 0 Å². The fourth-order valence-electron chi connectivity index (χ4n) is 2.31. The van der Waals surface area contributed by atoms with Crippen molar-refractivity contribution in [2.75, 3.05) is 0 Å². The van der Waals surface area contributed by atoms with Crippen LogP contribution in [0.25, 0.3) is 17.1 Å². The van der Waals surface area contributed by atoms with Gasteiger partial charge in [0, 0.05) is 17.5 Å². The van der Waals surface area contributed by atoms with Gasteiger partial charge in [0.1, 0.15) is 0 Å². The van der Waals surface area contributed by atoms with Gasteiger partial charge in [0.2, 0.25) is 0 Å². The quantitative estimate of drug-likeness (QED) is 0.454. The summed E-state index contributed by atoms with van der Waals surface area (Å²) < 4.78 is 4.00. The van der Waals surface area contributed by atoms with E-state index in [4.69, 9.17) is 0 Å². The number of para-hydroxylation sites is 1. The molecule has 0 unspecified atom stereocenters. The van der Waals surface area contributed by atoms with Gasteiger partial charge in [-0.1, -0.05) is 12.1 Å². The van der Waals surface area contributed by atoms with Crippen LogP contribution in [0.4, 0.5) is 0 Å². The maximum absolute atomic E-state index is 4.11. The highest BCUT2D eigenvalue weighted by Crippen LogP contribution is 2.29. The molecule has 0 saturated heterocycles. The zero-order valence-corrected chi connectivity index (χ0v) is 8.98. The van der Waals surface area contributed by atoms with E-state index in [1.807, 2.05) is 28.9 Å². The average molecular weight is 223 g/mol. The van der Waals surface area contributed by atoms with Gasteiger partial charge in [-0.2, -0.15) is 0 Å². The Balaban J connectivity index is 2.14. The molecule has 0 fully saturated rings. The van der Waals surface area contributed by atoms with Crippen molar-refractivity contribution in [3.8, 4) is 17.1 Å². The Labute approximate surface area is 97.3 Å². The predicted molar refractivity (Wildman–Crippen MR) is 61.7 cm³/mol. The molecule has 0 N–H and O–H groups in total. The van der Waals surface area contributed by atoms with E-state index in [0.717, 1.165) is 17.1 Å². The molecule has 17 heavy (non-hydrogen) atoms. The third-order valence-electron chi connectivity index (χ3n) is 3.08. The number of aromatic nitrogens is 5. The molecule has 4 rings (SSSR count). The van der Waals surface area contributed by atoms with Crippen LogP contribution in [0.1, 0.15) is 5.69 Å². The Bertz CT molecular complexity index is 635. The summed E-state index contributed by atoms with van der Waals surface area (Å²) in [6, 6.07) is 12.3. The highest BCUT2D eigenvalue weighted by Gasteiger charge is 2.19. The van der Waals surface area contributed by atoms with Crippen molar-refractivity contribution in [2.45, 2.75) is 6.54 Å². The second-order valence-electron chi connectivity index (χ2n) is 4.05. The Morgan fingerprint density at radius 3 is 3.00 bits per heavy atom. The summed E-state index contributed by atoms with van der Waals surface area (Å²) >= 11 is 0. The molecule has 0 saturated carbocycles. The molecular weight excluding hydrogens is 214 g/mol. The first kappa shape index (κ1) is 8.69. The van der Waals surface area contributed by atoms with Crippen molar-refractivity contribution in [1.82, 2.24) is 24.8 Å². The van der Waals surface area contributed by atoms with E-state index in [2.05, 4.69) is 38.4 Å². The van der Waals surface area contributed by atoms with Gasteiger partial charge < -0.3 is 4.57 Å². The average Bonchev–Trinajstić information content (AvgIpc) is 2.97. The van der Waals surface area contributed by atoms with Crippen LogP contribution in [0.3, 0.4) is 0 Å². The summed E-state index contributed by atoms with van der Waals surface area (Å²) in [5, 5.41) is 11.9. The van der Waals surface area contributed by atoms with E-state index >= 15 is 0 Å². The highest BCUT2D eigenvalue weighted by atomic mass is 15.5. The Kier molecular flexibility index (Phi) is 1.55. The molecule has 82 valence electrons. The Morgan fingerprint density at radius 2 is 2.00 bits per heavy atom. The Hall–Kier alpha value is -2.43. The van der Waals surface area contributed by atoms with E-state index in [-0.39, 0.29) is 0 Å². The summed E-state index contributed by atoms with van der Waals surface area (Å²) in [6.07, 6.45) is 2.06. The second-order valence-corrected chi connectivity index (χ2v) is 4.05. The fourth-order valence-corrected chi connectivity index (χ4v) is 2.31. The minimum absolute atomic E-state index is 0.698. The van der Waals surface area contributed by atoms with Crippen LogP contribution in [0, 0.1) is 0 Å². The lowest BCUT2D eigenvalue weighted by Crippen LogP contribution is -2.04. The zero-order chi connectivity index (χ0) is 11.2. The van der Waals surface area contributed by atoms with Crippen molar-refractivity contribution in [1.29, 1.82) is 0 Å². The van der Waals surface area contributed by atoms with Crippen molar-refractivity contribution >= 4 is 0 Å². The minimum Gasteiger partial charge on any atom is -0.318 e. The monoisotopic (exact) mass is 223 g/mol. The number of rotatable bonds is 0. The number of benzene rings is 1. The summed E-state index contributed by atoms with van der Waals surface area (Å²) in [6.45, 7) is 0.698. The summed E-state index contributed by atoms with van der Waals surface area (Å²) in [4.78, 5) is 0. The molecule has 3 heterocycles. The predicted octanol–water partition coefficient (Wildman–Crippen LogP) is 1.49. The van der Waals surface area contributed by atoms with Crippen LogP contribution in [-0.2, 0) is 6.54 Å². The molecule has 0 atom stereocenters. The molecular formula is C12H9N5.